The van der Waals surface area contributed by atoms with Crippen molar-refractivity contribution in [2.24, 2.45) is 7.05 Å². The smallest absolute Gasteiger partial charge is 0.315 e. The van der Waals surface area contributed by atoms with Crippen LogP contribution in [0.3, 0.4) is 0 Å². The molecule has 0 saturated carbocycles. The second-order valence-corrected chi connectivity index (χ2v) is 4.08. The maximum atomic E-state index is 12.1. The fourth-order valence-corrected chi connectivity index (χ4v) is 1.73. The molecule has 0 fully saturated rings. The maximum absolute atomic E-state index is 12.1. The highest BCUT2D eigenvalue weighted by atomic mass is 19.3. The van der Waals surface area contributed by atoms with Crippen molar-refractivity contribution in [2.45, 2.75) is 13.0 Å². The zero-order chi connectivity index (χ0) is 13.8. The van der Waals surface area contributed by atoms with E-state index in [4.69, 9.17) is 0 Å². The molecule has 1 heterocycles. The quantitative estimate of drug-likeness (QED) is 0.918. The third-order valence-electron chi connectivity index (χ3n) is 2.67. The molecule has 0 saturated heterocycles. The highest BCUT2D eigenvalue weighted by molar-refractivity contribution is 5.79. The van der Waals surface area contributed by atoms with Crippen LogP contribution in [-0.4, -0.2) is 21.9 Å². The topological polar surface area (TPSA) is 46.9 Å². The summed E-state index contributed by atoms with van der Waals surface area (Å²) in [7, 11) is 1.87. The van der Waals surface area contributed by atoms with Gasteiger partial charge in [0.1, 0.15) is 5.82 Å². The largest absolute Gasteiger partial charge is 0.347 e. The first kappa shape index (κ1) is 13.2. The Morgan fingerprint density at radius 1 is 1.47 bits per heavy atom. The molecule has 0 atom stereocenters. The molecule has 1 aromatic heterocycles. The van der Waals surface area contributed by atoms with E-state index >= 15 is 0 Å². The highest BCUT2D eigenvalue weighted by Crippen LogP contribution is 2.17. The molecule has 6 heteroatoms. The molecule has 1 aromatic carbocycles. The van der Waals surface area contributed by atoms with Gasteiger partial charge in [0.2, 0.25) is 0 Å². The third kappa shape index (κ3) is 3.15. The molecule has 100 valence electrons. The van der Waals surface area contributed by atoms with Gasteiger partial charge in [-0.05, 0) is 11.6 Å². The van der Waals surface area contributed by atoms with Gasteiger partial charge in [-0.15, -0.1) is 0 Å². The number of imidazole rings is 1. The molecule has 0 aliphatic carbocycles. The van der Waals surface area contributed by atoms with Crippen molar-refractivity contribution in [2.75, 3.05) is 0 Å². The summed E-state index contributed by atoms with van der Waals surface area (Å²) < 4.78 is 26.0. The van der Waals surface area contributed by atoms with E-state index in [0.717, 1.165) is 17.0 Å². The second kappa shape index (κ2) is 5.60. The number of benzene rings is 1. The Morgan fingerprint density at radius 3 is 2.89 bits per heavy atom. The fraction of sp³-hybridized carbons (Fsp3) is 0.231. The van der Waals surface area contributed by atoms with Gasteiger partial charge in [-0.1, -0.05) is 18.2 Å². The number of amides is 1. The molecule has 0 spiro atoms. The first-order valence-corrected chi connectivity index (χ1v) is 5.70. The van der Waals surface area contributed by atoms with E-state index in [2.05, 4.69) is 10.3 Å². The summed E-state index contributed by atoms with van der Waals surface area (Å²) in [6, 6.07) is 7.25. The summed E-state index contributed by atoms with van der Waals surface area (Å²) in [5.74, 6) is -0.482. The van der Waals surface area contributed by atoms with Gasteiger partial charge in [-0.3, -0.25) is 4.79 Å². The Balaban J connectivity index is 2.12. The Bertz CT molecular complexity index is 581. The average molecular weight is 265 g/mol. The summed E-state index contributed by atoms with van der Waals surface area (Å²) >= 11 is 0. The lowest BCUT2D eigenvalue weighted by molar-refractivity contribution is -0.131. The second-order valence-electron chi connectivity index (χ2n) is 4.08. The molecule has 1 N–H and O–H groups in total. The van der Waals surface area contributed by atoms with Gasteiger partial charge in [-0.25, -0.2) is 4.98 Å². The van der Waals surface area contributed by atoms with E-state index in [1.807, 2.05) is 29.9 Å². The number of carbonyl (C=O) groups excluding carboxylic acids is 1. The molecule has 0 unspecified atom stereocenters. The molecule has 2 rings (SSSR count). The SMILES string of the molecule is Cn1ccnc1-c1cccc(CNC(=O)C(F)F)c1. The van der Waals surface area contributed by atoms with E-state index in [9.17, 15) is 13.6 Å². The summed E-state index contributed by atoms with van der Waals surface area (Å²) in [5.41, 5.74) is 1.62. The molecule has 4 nitrogen and oxygen atoms in total. The zero-order valence-electron chi connectivity index (χ0n) is 10.3. The van der Waals surface area contributed by atoms with Gasteiger partial charge in [0.05, 0.1) is 0 Å². The number of nitrogens with one attached hydrogen (secondary N) is 1. The van der Waals surface area contributed by atoms with Crippen LogP contribution >= 0.6 is 0 Å². The number of halogens is 2. The maximum Gasteiger partial charge on any atom is 0.315 e. The van der Waals surface area contributed by atoms with Crippen molar-refractivity contribution in [3.8, 4) is 11.4 Å². The molecule has 1 amide bonds. The number of aromatic nitrogens is 2. The molecular formula is C13H13F2N3O. The molecule has 19 heavy (non-hydrogen) atoms. The zero-order valence-corrected chi connectivity index (χ0v) is 10.3. The number of carbonyl (C=O) groups is 1. The molecule has 0 radical (unpaired) electrons. The van der Waals surface area contributed by atoms with Crippen LogP contribution in [0.4, 0.5) is 8.78 Å². The summed E-state index contributed by atoms with van der Waals surface area (Å²) in [4.78, 5) is 15.0. The monoisotopic (exact) mass is 265 g/mol. The van der Waals surface area contributed by atoms with Gasteiger partial charge >= 0.3 is 6.43 Å². The Kier molecular flexibility index (Phi) is 3.89. The highest BCUT2D eigenvalue weighted by Gasteiger charge is 2.14. The van der Waals surface area contributed by atoms with Crippen LogP contribution in [0.2, 0.25) is 0 Å². The minimum Gasteiger partial charge on any atom is -0.347 e. The van der Waals surface area contributed by atoms with Gasteiger partial charge in [0, 0.05) is 31.5 Å². The van der Waals surface area contributed by atoms with Gasteiger partial charge in [0.25, 0.3) is 5.91 Å². The lowest BCUT2D eigenvalue weighted by Gasteiger charge is -2.07. The Morgan fingerprint density at radius 2 is 2.26 bits per heavy atom. The number of aryl methyl sites for hydroxylation is 1. The summed E-state index contributed by atoms with van der Waals surface area (Å²) in [5, 5.41) is 2.17. The van der Waals surface area contributed by atoms with Crippen LogP contribution in [0.15, 0.2) is 36.7 Å². The molecule has 0 bridgehead atoms. The van der Waals surface area contributed by atoms with Gasteiger partial charge < -0.3 is 9.88 Å². The van der Waals surface area contributed by atoms with E-state index in [0.29, 0.717) is 0 Å². The van der Waals surface area contributed by atoms with Crippen LogP contribution in [-0.2, 0) is 18.4 Å². The number of alkyl halides is 2. The average Bonchev–Trinajstić information content (AvgIpc) is 2.82. The molecule has 0 aliphatic heterocycles. The van der Waals surface area contributed by atoms with Crippen LogP contribution in [0.1, 0.15) is 5.56 Å². The number of rotatable bonds is 4. The van der Waals surface area contributed by atoms with E-state index in [-0.39, 0.29) is 6.54 Å². The van der Waals surface area contributed by atoms with Crippen molar-refractivity contribution in [1.29, 1.82) is 0 Å². The van der Waals surface area contributed by atoms with E-state index < -0.39 is 12.3 Å². The van der Waals surface area contributed by atoms with Crippen molar-refractivity contribution < 1.29 is 13.6 Å². The van der Waals surface area contributed by atoms with Gasteiger partial charge in [0.15, 0.2) is 0 Å². The number of nitrogens with zero attached hydrogens (tertiary/aromatic N) is 2. The van der Waals surface area contributed by atoms with Crippen LogP contribution in [0.5, 0.6) is 0 Å². The van der Waals surface area contributed by atoms with Crippen molar-refractivity contribution in [1.82, 2.24) is 14.9 Å². The minimum absolute atomic E-state index is 0.0709. The number of hydrogen-bond acceptors (Lipinski definition) is 2. The van der Waals surface area contributed by atoms with Crippen LogP contribution < -0.4 is 5.32 Å². The van der Waals surface area contributed by atoms with E-state index in [1.54, 1.807) is 18.3 Å². The normalized spacial score (nSPS) is 10.7. The third-order valence-corrected chi connectivity index (χ3v) is 2.67. The van der Waals surface area contributed by atoms with E-state index in [1.165, 1.54) is 0 Å². The van der Waals surface area contributed by atoms with Crippen molar-refractivity contribution in [3.05, 3.63) is 42.2 Å². The predicted octanol–water partition coefficient (Wildman–Crippen LogP) is 1.97. The van der Waals surface area contributed by atoms with Crippen molar-refractivity contribution in [3.63, 3.8) is 0 Å². The molecular weight excluding hydrogens is 252 g/mol. The Labute approximate surface area is 109 Å². The first-order chi connectivity index (χ1) is 9.08. The van der Waals surface area contributed by atoms with Crippen LogP contribution in [0.25, 0.3) is 11.4 Å². The minimum atomic E-state index is -2.99. The summed E-state index contributed by atoms with van der Waals surface area (Å²) in [6.45, 7) is 0.0709. The van der Waals surface area contributed by atoms with Gasteiger partial charge in [-0.2, -0.15) is 8.78 Å². The van der Waals surface area contributed by atoms with Crippen molar-refractivity contribution >= 4 is 5.91 Å². The lowest BCUT2D eigenvalue weighted by atomic mass is 10.1. The first-order valence-electron chi connectivity index (χ1n) is 5.70. The Hall–Kier alpha value is -2.24. The van der Waals surface area contributed by atoms with Crippen LogP contribution in [0, 0.1) is 0 Å². The standard InChI is InChI=1S/C13H13F2N3O/c1-18-6-5-16-12(18)10-4-2-3-9(7-10)8-17-13(19)11(14)15/h2-7,11H,8H2,1H3,(H,17,19). The molecule has 2 aromatic rings. The summed E-state index contributed by atoms with van der Waals surface area (Å²) in [6.07, 6.45) is 0.513. The fourth-order valence-electron chi connectivity index (χ4n) is 1.73. The predicted molar refractivity (Wildman–Crippen MR) is 66.5 cm³/mol. The lowest BCUT2D eigenvalue weighted by Crippen LogP contribution is -2.28. The molecule has 0 aliphatic rings. The number of hydrogen-bond donors (Lipinski definition) is 1.